The zero-order valence-electron chi connectivity index (χ0n) is 6.09. The molecule has 1 atom stereocenters. The summed E-state index contributed by atoms with van der Waals surface area (Å²) in [4.78, 5) is 0. The van der Waals surface area contributed by atoms with E-state index in [0.29, 0.717) is 0 Å². The first-order valence-corrected chi connectivity index (χ1v) is 3.62. The molecule has 0 nitrogen and oxygen atoms in total. The molecule has 1 rings (SSSR count). The van der Waals surface area contributed by atoms with Crippen LogP contribution in [0.15, 0.2) is 0 Å². The van der Waals surface area contributed by atoms with E-state index in [1.165, 1.54) is 0 Å². The number of hydrogen-bond donors (Lipinski definition) is 0. The van der Waals surface area contributed by atoms with Crippen molar-refractivity contribution in [3.63, 3.8) is 0 Å². The summed E-state index contributed by atoms with van der Waals surface area (Å²) in [7, 11) is 1.68. The molecule has 1 aromatic rings. The monoisotopic (exact) mass is 196 g/mol. The van der Waals surface area contributed by atoms with Crippen LogP contribution < -0.4 is 5.30 Å². The third-order valence-electron chi connectivity index (χ3n) is 1.52. The predicted octanol–water partition coefficient (Wildman–Crippen LogP) is 2.05. The lowest BCUT2D eigenvalue weighted by atomic mass is 10.2. The van der Waals surface area contributed by atoms with Gasteiger partial charge in [0.1, 0.15) is 5.82 Å². The summed E-state index contributed by atoms with van der Waals surface area (Å²) in [6, 6.07) is 0. The zero-order chi connectivity index (χ0) is 9.46. The first-order chi connectivity index (χ1) is 5.46. The van der Waals surface area contributed by atoms with Gasteiger partial charge in [0, 0.05) is 10.9 Å². The van der Waals surface area contributed by atoms with Crippen LogP contribution in [0.2, 0.25) is 0 Å². The topological polar surface area (TPSA) is 0 Å². The van der Waals surface area contributed by atoms with Crippen LogP contribution in [0.5, 0.6) is 0 Å². The van der Waals surface area contributed by atoms with Gasteiger partial charge in [-0.1, -0.05) is 9.24 Å². The van der Waals surface area contributed by atoms with Crippen LogP contribution in [0, 0.1) is 30.2 Å². The molecule has 0 aromatic heterocycles. The fraction of sp³-hybridized carbons (Fsp3) is 0.143. The summed E-state index contributed by atoms with van der Waals surface area (Å²) < 4.78 is 50.4. The third-order valence-corrected chi connectivity index (χ3v) is 2.02. The molecule has 66 valence electrons. The average molecular weight is 196 g/mol. The Labute approximate surface area is 68.8 Å². The lowest BCUT2D eigenvalue weighted by Gasteiger charge is -2.04. The normalized spacial score (nSPS) is 10.5. The average Bonchev–Trinajstić information content (AvgIpc) is 2.08. The molecule has 0 aliphatic heterocycles. The van der Waals surface area contributed by atoms with Gasteiger partial charge in [-0.3, -0.25) is 0 Å². The highest BCUT2D eigenvalue weighted by Gasteiger charge is 2.19. The van der Waals surface area contributed by atoms with E-state index < -0.39 is 34.1 Å². The van der Waals surface area contributed by atoms with Gasteiger partial charge in [0.15, 0.2) is 17.5 Å². The summed E-state index contributed by atoms with van der Waals surface area (Å²) in [6.45, 7) is 1.04. The molecule has 0 N–H and O–H groups in total. The fourth-order valence-corrected chi connectivity index (χ4v) is 1.12. The van der Waals surface area contributed by atoms with Crippen molar-refractivity contribution in [3.8, 4) is 0 Å². The highest BCUT2D eigenvalue weighted by molar-refractivity contribution is 7.27. The van der Waals surface area contributed by atoms with Crippen LogP contribution >= 0.6 is 9.24 Å². The van der Waals surface area contributed by atoms with E-state index in [-0.39, 0.29) is 0 Å². The van der Waals surface area contributed by atoms with Crippen molar-refractivity contribution >= 4 is 14.5 Å². The maximum absolute atomic E-state index is 12.8. The lowest BCUT2D eigenvalue weighted by molar-refractivity contribution is 0.435. The first kappa shape index (κ1) is 9.46. The fourth-order valence-electron chi connectivity index (χ4n) is 0.774. The first-order valence-electron chi connectivity index (χ1n) is 3.04. The van der Waals surface area contributed by atoms with Crippen molar-refractivity contribution < 1.29 is 17.6 Å². The standard InChI is InChI=1S/C7H5F4P/c1-2-3(8)5(10)6(11)7(12)4(2)9/h12H2,1H3. The number of halogens is 4. The van der Waals surface area contributed by atoms with Gasteiger partial charge < -0.3 is 0 Å². The van der Waals surface area contributed by atoms with Crippen LogP contribution in [0.3, 0.4) is 0 Å². The van der Waals surface area contributed by atoms with Crippen molar-refractivity contribution in [2.45, 2.75) is 6.92 Å². The van der Waals surface area contributed by atoms with Crippen molar-refractivity contribution in [1.29, 1.82) is 0 Å². The van der Waals surface area contributed by atoms with Crippen molar-refractivity contribution in [2.24, 2.45) is 0 Å². The van der Waals surface area contributed by atoms with Crippen molar-refractivity contribution in [2.75, 3.05) is 0 Å². The maximum atomic E-state index is 12.8. The molecule has 0 saturated heterocycles. The molecule has 1 aromatic carbocycles. The molecule has 0 saturated carbocycles. The molecule has 0 heterocycles. The van der Waals surface area contributed by atoms with Crippen LogP contribution in [0.25, 0.3) is 0 Å². The second-order valence-electron chi connectivity index (χ2n) is 2.29. The van der Waals surface area contributed by atoms with E-state index in [2.05, 4.69) is 0 Å². The smallest absolute Gasteiger partial charge is 0.195 e. The van der Waals surface area contributed by atoms with Crippen molar-refractivity contribution in [1.82, 2.24) is 0 Å². The van der Waals surface area contributed by atoms with E-state index in [1.807, 2.05) is 0 Å². The van der Waals surface area contributed by atoms with Gasteiger partial charge in [-0.25, -0.2) is 17.6 Å². The van der Waals surface area contributed by atoms with E-state index in [4.69, 9.17) is 0 Å². The quantitative estimate of drug-likeness (QED) is 0.258. The Morgan fingerprint density at radius 1 is 0.833 bits per heavy atom. The van der Waals surface area contributed by atoms with Crippen molar-refractivity contribution in [3.05, 3.63) is 28.8 Å². The Balaban J connectivity index is 3.60. The molecular weight excluding hydrogens is 191 g/mol. The Morgan fingerprint density at radius 3 is 1.83 bits per heavy atom. The van der Waals surface area contributed by atoms with E-state index >= 15 is 0 Å². The Kier molecular flexibility index (Phi) is 2.38. The third kappa shape index (κ3) is 1.20. The van der Waals surface area contributed by atoms with Gasteiger partial charge in [-0.05, 0) is 6.92 Å². The highest BCUT2D eigenvalue weighted by Crippen LogP contribution is 2.17. The minimum atomic E-state index is -1.64. The van der Waals surface area contributed by atoms with Gasteiger partial charge in [0.2, 0.25) is 0 Å². The summed E-state index contributed by atoms with van der Waals surface area (Å²) in [5, 5.41) is -0.577. The zero-order valence-corrected chi connectivity index (χ0v) is 7.24. The van der Waals surface area contributed by atoms with E-state index in [1.54, 1.807) is 9.24 Å². The summed E-state index contributed by atoms with van der Waals surface area (Å²) >= 11 is 0. The van der Waals surface area contributed by atoms with Crippen LogP contribution in [-0.4, -0.2) is 0 Å². The molecular formula is C7H5F4P. The molecule has 12 heavy (non-hydrogen) atoms. The highest BCUT2D eigenvalue weighted by atomic mass is 31.0. The summed E-state index contributed by atoms with van der Waals surface area (Å²) in [5.74, 6) is -5.69. The maximum Gasteiger partial charge on any atom is 0.195 e. The minimum absolute atomic E-state index is 0.515. The molecule has 0 aliphatic rings. The molecule has 0 aliphatic carbocycles. The SMILES string of the molecule is Cc1c(F)c(F)c(F)c(P)c1F. The molecule has 0 spiro atoms. The number of hydrogen-bond acceptors (Lipinski definition) is 0. The largest absolute Gasteiger partial charge is 0.206 e. The van der Waals surface area contributed by atoms with Gasteiger partial charge in [0.05, 0.1) is 0 Å². The Bertz CT molecular complexity index is 230. The molecule has 0 fully saturated rings. The predicted molar refractivity (Wildman–Crippen MR) is 40.4 cm³/mol. The second kappa shape index (κ2) is 3.02. The molecule has 5 heteroatoms. The van der Waals surface area contributed by atoms with Crippen LogP contribution in [0.4, 0.5) is 17.6 Å². The van der Waals surface area contributed by atoms with Crippen LogP contribution in [-0.2, 0) is 0 Å². The minimum Gasteiger partial charge on any atom is -0.206 e. The molecule has 0 bridgehead atoms. The van der Waals surface area contributed by atoms with E-state index in [0.717, 1.165) is 6.92 Å². The molecule has 1 unspecified atom stereocenters. The Morgan fingerprint density at radius 2 is 1.33 bits per heavy atom. The van der Waals surface area contributed by atoms with Gasteiger partial charge in [0.25, 0.3) is 0 Å². The lowest BCUT2D eigenvalue weighted by Crippen LogP contribution is -2.13. The second-order valence-corrected chi connectivity index (χ2v) is 2.87. The summed E-state index contributed by atoms with van der Waals surface area (Å²) in [6.07, 6.45) is 0. The van der Waals surface area contributed by atoms with Gasteiger partial charge >= 0.3 is 0 Å². The summed E-state index contributed by atoms with van der Waals surface area (Å²) in [5.41, 5.74) is -0.515. The molecule has 0 radical (unpaired) electrons. The Hall–Kier alpha value is -0.630. The van der Waals surface area contributed by atoms with E-state index in [9.17, 15) is 17.6 Å². The number of benzene rings is 1. The van der Waals surface area contributed by atoms with Gasteiger partial charge in [-0.15, -0.1) is 0 Å². The van der Waals surface area contributed by atoms with Gasteiger partial charge in [-0.2, -0.15) is 0 Å². The van der Waals surface area contributed by atoms with Crippen LogP contribution in [0.1, 0.15) is 5.56 Å². The number of rotatable bonds is 0. The molecule has 0 amide bonds.